The average molecular weight is 708 g/mol. The Morgan fingerprint density at radius 2 is 1.90 bits per heavy atom. The Bertz CT molecular complexity index is 1280. The molecule has 49 heavy (non-hydrogen) atoms. The van der Waals surface area contributed by atoms with Crippen LogP contribution in [0.25, 0.3) is 0 Å². The van der Waals surface area contributed by atoms with Crippen LogP contribution >= 0.6 is 11.6 Å². The molecule has 3 saturated carbocycles. The maximum absolute atomic E-state index is 14.3. The van der Waals surface area contributed by atoms with E-state index in [-0.39, 0.29) is 48.5 Å². The second kappa shape index (κ2) is 15.0. The lowest BCUT2D eigenvalue weighted by molar-refractivity contribution is -0.145. The molecule has 3 aliphatic carbocycles. The Labute approximate surface area is 293 Å². The number of carbonyl (C=O) groups is 4. The van der Waals surface area contributed by atoms with Gasteiger partial charge in [0.1, 0.15) is 23.2 Å². The summed E-state index contributed by atoms with van der Waals surface area (Å²) in [5, 5.41) is 17.5. The van der Waals surface area contributed by atoms with Crippen molar-refractivity contribution >= 4 is 35.5 Å². The Morgan fingerprint density at radius 3 is 2.61 bits per heavy atom. The highest BCUT2D eigenvalue weighted by molar-refractivity contribution is 6.21. The molecule has 274 valence electrons. The van der Waals surface area contributed by atoms with Crippen LogP contribution in [-0.2, 0) is 23.9 Å². The van der Waals surface area contributed by atoms with E-state index in [0.29, 0.717) is 25.2 Å². The van der Waals surface area contributed by atoms with E-state index in [1.54, 1.807) is 25.9 Å². The van der Waals surface area contributed by atoms with Gasteiger partial charge in [-0.3, -0.25) is 9.59 Å². The van der Waals surface area contributed by atoms with Crippen LogP contribution in [0.5, 0.6) is 0 Å². The van der Waals surface area contributed by atoms with Gasteiger partial charge in [0, 0.05) is 19.1 Å². The van der Waals surface area contributed by atoms with Gasteiger partial charge in [-0.05, 0) is 96.8 Å². The Kier molecular flexibility index (Phi) is 11.1. The molecule has 0 radical (unpaired) electrons. The molecule has 0 spiro atoms. The van der Waals surface area contributed by atoms with Crippen molar-refractivity contribution in [3.8, 4) is 0 Å². The van der Waals surface area contributed by atoms with E-state index in [0.717, 1.165) is 45.1 Å². The molecule has 0 aromatic carbocycles. The number of hydrogen-bond acceptors (Lipinski definition) is 10. The molecule has 6 N–H and O–H groups in total. The van der Waals surface area contributed by atoms with Gasteiger partial charge < -0.3 is 30.1 Å². The first-order valence-corrected chi connectivity index (χ1v) is 18.6. The van der Waals surface area contributed by atoms with Gasteiger partial charge in [0.15, 0.2) is 0 Å². The van der Waals surface area contributed by atoms with E-state index in [1.165, 1.54) is 17.7 Å². The largest absolute Gasteiger partial charge is 0.479 e. The molecule has 3 amide bonds. The summed E-state index contributed by atoms with van der Waals surface area (Å²) in [4.78, 5) is 55.1. The maximum atomic E-state index is 14.3. The summed E-state index contributed by atoms with van der Waals surface area (Å²) in [5.41, 5.74) is 7.88. The standard InChI is InChI=1S/C34H54ClN7O7/c1-33(2,3)49-32(47)36-25-10-8-6-4-5-7-9-22-17-34(22,31(45)46)37-29(43)26-16-23(18-41(26)30(25)44)42-39-28(38-40-42)21-13-14-27(24(35)15-21)48-19-20-11-12-20/h7,9,20-28,38-40H,4-6,8,10-19H2,1-3H3,(H,36,47)(H,37,43)(H,45,46)/b9-7-/t21?,22-,23+,24?,25-,26+,27?,28?,34+/m1/s1. The van der Waals surface area contributed by atoms with Crippen molar-refractivity contribution in [2.24, 2.45) is 17.8 Å². The van der Waals surface area contributed by atoms with E-state index < -0.39 is 47.1 Å². The predicted molar refractivity (Wildman–Crippen MR) is 180 cm³/mol. The van der Waals surface area contributed by atoms with Crippen molar-refractivity contribution in [3.05, 3.63) is 12.2 Å². The van der Waals surface area contributed by atoms with Crippen LogP contribution in [0.1, 0.15) is 97.8 Å². The van der Waals surface area contributed by atoms with Gasteiger partial charge in [0.25, 0.3) is 0 Å². The third-order valence-corrected chi connectivity index (χ3v) is 11.2. The molecule has 14 nitrogen and oxygen atoms in total. The number of nitrogens with one attached hydrogen (secondary N) is 5. The molecule has 6 aliphatic rings. The number of fused-ring (bicyclic) bond motifs is 2. The highest BCUT2D eigenvalue weighted by Crippen LogP contribution is 2.45. The third kappa shape index (κ3) is 8.88. The molecule has 9 atom stereocenters. The fourth-order valence-corrected chi connectivity index (χ4v) is 8.07. The summed E-state index contributed by atoms with van der Waals surface area (Å²) < 4.78 is 11.6. The van der Waals surface area contributed by atoms with Crippen molar-refractivity contribution < 1.29 is 33.8 Å². The number of alkyl carbamates (subject to hydrolysis) is 1. The maximum Gasteiger partial charge on any atom is 0.408 e. The number of hydrogen-bond donors (Lipinski definition) is 6. The van der Waals surface area contributed by atoms with Gasteiger partial charge >= 0.3 is 12.1 Å². The van der Waals surface area contributed by atoms with E-state index in [2.05, 4.69) is 27.0 Å². The van der Waals surface area contributed by atoms with Crippen LogP contribution in [0.4, 0.5) is 4.79 Å². The molecule has 4 unspecified atom stereocenters. The summed E-state index contributed by atoms with van der Waals surface area (Å²) in [6.07, 6.45) is 12.3. The minimum absolute atomic E-state index is 0.0598. The van der Waals surface area contributed by atoms with Crippen LogP contribution in [-0.4, -0.2) is 99.1 Å². The zero-order valence-electron chi connectivity index (χ0n) is 28.9. The number of carboxylic acid groups (broad SMARTS) is 1. The lowest BCUT2D eigenvalue weighted by Crippen LogP contribution is -2.56. The zero-order valence-corrected chi connectivity index (χ0v) is 29.7. The van der Waals surface area contributed by atoms with E-state index in [1.807, 2.05) is 12.2 Å². The van der Waals surface area contributed by atoms with Gasteiger partial charge in [-0.2, -0.15) is 10.7 Å². The highest BCUT2D eigenvalue weighted by Gasteiger charge is 2.61. The molecule has 6 rings (SSSR count). The van der Waals surface area contributed by atoms with Gasteiger partial charge in [-0.1, -0.05) is 25.0 Å². The first kappa shape index (κ1) is 36.3. The molecule has 0 aromatic heterocycles. The molecule has 5 fully saturated rings. The molecule has 3 aliphatic heterocycles. The summed E-state index contributed by atoms with van der Waals surface area (Å²) in [5.74, 6) is -1.39. The second-order valence-corrected chi connectivity index (χ2v) is 16.4. The number of hydrazine groups is 3. The third-order valence-electron chi connectivity index (χ3n) is 10.8. The summed E-state index contributed by atoms with van der Waals surface area (Å²) in [6, 6.07) is -2.19. The van der Waals surface area contributed by atoms with E-state index >= 15 is 0 Å². The van der Waals surface area contributed by atoms with Crippen LogP contribution in [0, 0.1) is 17.8 Å². The minimum Gasteiger partial charge on any atom is -0.479 e. The second-order valence-electron chi connectivity index (χ2n) is 15.9. The van der Waals surface area contributed by atoms with Crippen LogP contribution in [0.3, 0.4) is 0 Å². The fraction of sp³-hybridized carbons (Fsp3) is 0.824. The molecular weight excluding hydrogens is 654 g/mol. The minimum atomic E-state index is -1.40. The Balaban J connectivity index is 1.16. The number of nitrogens with zero attached hydrogens (tertiary/aromatic N) is 2. The van der Waals surface area contributed by atoms with E-state index in [9.17, 15) is 24.3 Å². The number of amides is 3. The number of carboxylic acids is 1. The smallest absolute Gasteiger partial charge is 0.408 e. The van der Waals surface area contributed by atoms with Crippen LogP contribution in [0.15, 0.2) is 12.2 Å². The number of rotatable bonds is 7. The highest BCUT2D eigenvalue weighted by atomic mass is 35.5. The van der Waals surface area contributed by atoms with Crippen LogP contribution in [0.2, 0.25) is 0 Å². The Hall–Kier alpha value is -2.49. The zero-order chi connectivity index (χ0) is 34.9. The molecule has 2 saturated heterocycles. The lowest BCUT2D eigenvalue weighted by Gasteiger charge is -2.35. The predicted octanol–water partition coefficient (Wildman–Crippen LogP) is 2.69. The number of ether oxygens (including phenoxy) is 2. The molecule has 3 heterocycles. The normalized spacial score (nSPS) is 38.4. The van der Waals surface area contributed by atoms with Crippen molar-refractivity contribution in [2.75, 3.05) is 13.2 Å². The number of alkyl halides is 1. The average Bonchev–Trinajstić information content (AvgIpc) is 3.87. The van der Waals surface area contributed by atoms with Crippen molar-refractivity contribution in [1.29, 1.82) is 0 Å². The van der Waals surface area contributed by atoms with E-state index in [4.69, 9.17) is 21.1 Å². The van der Waals surface area contributed by atoms with Gasteiger partial charge in [0.05, 0.1) is 23.7 Å². The topological polar surface area (TPSA) is 174 Å². The van der Waals surface area contributed by atoms with Crippen molar-refractivity contribution in [2.45, 2.75) is 145 Å². The molecule has 0 bridgehead atoms. The summed E-state index contributed by atoms with van der Waals surface area (Å²) in [7, 11) is 0. The number of carbonyl (C=O) groups excluding carboxylic acids is 3. The number of allylic oxidation sites excluding steroid dienone is 1. The Morgan fingerprint density at radius 1 is 1.10 bits per heavy atom. The molecule has 0 aromatic rings. The first-order chi connectivity index (χ1) is 23.3. The van der Waals surface area contributed by atoms with Crippen LogP contribution < -0.4 is 27.0 Å². The first-order valence-electron chi connectivity index (χ1n) is 18.2. The monoisotopic (exact) mass is 707 g/mol. The number of aliphatic carboxylic acids is 1. The molecule has 15 heteroatoms. The molecular formula is C34H54ClN7O7. The van der Waals surface area contributed by atoms with Gasteiger partial charge in [0.2, 0.25) is 11.8 Å². The van der Waals surface area contributed by atoms with Crippen molar-refractivity contribution in [3.63, 3.8) is 0 Å². The summed E-state index contributed by atoms with van der Waals surface area (Å²) in [6.45, 7) is 6.24. The number of halogens is 1. The SMILES string of the molecule is CC(C)(C)OC(=O)N[C@@H]1CCCCC/C=C\[C@@H]2C[C@]2(C(=O)O)NC(=O)[C@@H]2C[C@H](N3NNC(C4CCC(OCC5CC5)C(Cl)C4)N3)CN2C1=O. The summed E-state index contributed by atoms with van der Waals surface area (Å²) >= 11 is 6.79. The van der Waals surface area contributed by atoms with Gasteiger partial charge in [-0.15, -0.1) is 11.6 Å². The lowest BCUT2D eigenvalue weighted by atomic mass is 9.85. The fourth-order valence-electron chi connectivity index (χ4n) is 7.64. The quantitative estimate of drug-likeness (QED) is 0.170. The van der Waals surface area contributed by atoms with Crippen molar-refractivity contribution in [1.82, 2.24) is 37.0 Å². The van der Waals surface area contributed by atoms with Gasteiger partial charge in [-0.25, -0.2) is 20.4 Å².